The van der Waals surface area contributed by atoms with Crippen LogP contribution in [-0.2, 0) is 0 Å². The molecule has 1 heterocycles. The topological polar surface area (TPSA) is 39.2 Å². The molecule has 1 rings (SSSR count). The minimum Gasteiger partial charge on any atom is -0.489 e. The van der Waals surface area contributed by atoms with Gasteiger partial charge in [0.1, 0.15) is 10.9 Å². The fourth-order valence-electron chi connectivity index (χ4n) is 0.903. The highest BCUT2D eigenvalue weighted by atomic mass is 35.5. The average molecular weight is 234 g/mol. The summed E-state index contributed by atoms with van der Waals surface area (Å²) in [5.41, 5.74) is 0.159. The number of rotatable bonds is 3. The van der Waals surface area contributed by atoms with Crippen LogP contribution in [0.2, 0.25) is 5.15 Å². The predicted octanol–water partition coefficient (Wildman–Crippen LogP) is 2.90. The molecule has 0 atom stereocenters. The highest BCUT2D eigenvalue weighted by Crippen LogP contribution is 2.21. The number of halogens is 2. The van der Waals surface area contributed by atoms with Gasteiger partial charge in [-0.3, -0.25) is 4.79 Å². The van der Waals surface area contributed by atoms with Crippen LogP contribution in [0.4, 0.5) is 0 Å². The summed E-state index contributed by atoms with van der Waals surface area (Å²) >= 11 is 11.0. The summed E-state index contributed by atoms with van der Waals surface area (Å²) < 4.78 is 5.33. The highest BCUT2D eigenvalue weighted by molar-refractivity contribution is 6.68. The van der Waals surface area contributed by atoms with Gasteiger partial charge in [0.15, 0.2) is 0 Å². The van der Waals surface area contributed by atoms with Crippen molar-refractivity contribution in [1.82, 2.24) is 4.98 Å². The molecule has 1 aromatic heterocycles. The third kappa shape index (κ3) is 2.86. The number of hydrogen-bond acceptors (Lipinski definition) is 3. The van der Waals surface area contributed by atoms with E-state index in [0.717, 1.165) is 0 Å². The molecule has 0 radical (unpaired) electrons. The number of hydrogen-bond donors (Lipinski definition) is 0. The molecule has 0 aliphatic rings. The number of pyridine rings is 1. The molecule has 0 aliphatic carbocycles. The highest BCUT2D eigenvalue weighted by Gasteiger charge is 2.10. The first-order valence-electron chi connectivity index (χ1n) is 4.02. The molecule has 0 unspecified atom stereocenters. The fraction of sp³-hybridized carbons (Fsp3) is 0.333. The van der Waals surface area contributed by atoms with Crippen LogP contribution in [0.25, 0.3) is 0 Å². The first kappa shape index (κ1) is 11.3. The van der Waals surface area contributed by atoms with E-state index in [2.05, 4.69) is 4.98 Å². The summed E-state index contributed by atoms with van der Waals surface area (Å²) in [5.74, 6) is 0.480. The molecule has 14 heavy (non-hydrogen) atoms. The first-order valence-corrected chi connectivity index (χ1v) is 4.78. The van der Waals surface area contributed by atoms with Gasteiger partial charge in [-0.05, 0) is 31.5 Å². The Morgan fingerprint density at radius 1 is 1.57 bits per heavy atom. The van der Waals surface area contributed by atoms with E-state index in [4.69, 9.17) is 27.9 Å². The molecule has 5 heteroatoms. The second kappa shape index (κ2) is 4.62. The lowest BCUT2D eigenvalue weighted by Gasteiger charge is -2.09. The van der Waals surface area contributed by atoms with Crippen molar-refractivity contribution in [2.45, 2.75) is 20.0 Å². The average Bonchev–Trinajstić information content (AvgIpc) is 2.07. The largest absolute Gasteiger partial charge is 0.489 e. The van der Waals surface area contributed by atoms with Crippen molar-refractivity contribution < 1.29 is 9.53 Å². The van der Waals surface area contributed by atoms with Gasteiger partial charge in [0, 0.05) is 0 Å². The van der Waals surface area contributed by atoms with Crippen molar-refractivity contribution >= 4 is 28.4 Å². The molecule has 0 saturated carbocycles. The number of nitrogens with zero attached hydrogens (tertiary/aromatic N) is 1. The minimum absolute atomic E-state index is 0.0104. The van der Waals surface area contributed by atoms with Gasteiger partial charge in [-0.15, -0.1) is 0 Å². The van der Waals surface area contributed by atoms with Crippen molar-refractivity contribution in [1.29, 1.82) is 0 Å². The Kier molecular flexibility index (Phi) is 3.72. The molecule has 0 aliphatic heterocycles. The van der Waals surface area contributed by atoms with Gasteiger partial charge in [-0.25, -0.2) is 4.98 Å². The smallest absolute Gasteiger partial charge is 0.255 e. The van der Waals surface area contributed by atoms with E-state index in [1.54, 1.807) is 0 Å². The molecule has 76 valence electrons. The summed E-state index contributed by atoms with van der Waals surface area (Å²) in [5, 5.41) is -0.558. The molecule has 0 fully saturated rings. The van der Waals surface area contributed by atoms with Gasteiger partial charge in [0.25, 0.3) is 5.24 Å². The molecule has 3 nitrogen and oxygen atoms in total. The van der Waals surface area contributed by atoms with E-state index in [1.165, 1.54) is 12.3 Å². The van der Waals surface area contributed by atoms with Crippen molar-refractivity contribution in [3.8, 4) is 5.75 Å². The number of carbonyl (C=O) groups excluding carboxylic acids is 1. The summed E-state index contributed by atoms with van der Waals surface area (Å²) in [4.78, 5) is 14.7. The Morgan fingerprint density at radius 3 is 2.71 bits per heavy atom. The van der Waals surface area contributed by atoms with Crippen molar-refractivity contribution in [2.75, 3.05) is 0 Å². The van der Waals surface area contributed by atoms with Crippen molar-refractivity contribution in [2.24, 2.45) is 0 Å². The lowest BCUT2D eigenvalue weighted by Crippen LogP contribution is -2.06. The zero-order chi connectivity index (χ0) is 10.7. The van der Waals surface area contributed by atoms with E-state index >= 15 is 0 Å². The maximum absolute atomic E-state index is 10.9. The number of aromatic nitrogens is 1. The summed E-state index contributed by atoms with van der Waals surface area (Å²) in [6, 6.07) is 1.48. The Hall–Kier alpha value is -0.800. The minimum atomic E-state index is -0.642. The Labute approximate surface area is 92.0 Å². The van der Waals surface area contributed by atoms with Gasteiger partial charge in [0.2, 0.25) is 0 Å². The molecule has 0 aromatic carbocycles. The van der Waals surface area contributed by atoms with Gasteiger partial charge in [-0.2, -0.15) is 0 Å². The van der Waals surface area contributed by atoms with Crippen LogP contribution in [0.1, 0.15) is 24.2 Å². The van der Waals surface area contributed by atoms with E-state index in [1.807, 2.05) is 13.8 Å². The molecule has 0 N–H and O–H groups in total. The molecule has 0 saturated heterocycles. The SMILES string of the molecule is CC(C)Oc1cnc(Cl)c(C(=O)Cl)c1. The van der Waals surface area contributed by atoms with Gasteiger partial charge in [0.05, 0.1) is 17.9 Å². The molecular formula is C9H9Cl2NO2. The monoisotopic (exact) mass is 233 g/mol. The van der Waals surface area contributed by atoms with Gasteiger partial charge < -0.3 is 4.74 Å². The zero-order valence-electron chi connectivity index (χ0n) is 7.75. The Balaban J connectivity index is 3.00. The summed E-state index contributed by atoms with van der Waals surface area (Å²) in [7, 11) is 0. The number of carbonyl (C=O) groups is 1. The van der Waals surface area contributed by atoms with E-state index in [0.29, 0.717) is 5.75 Å². The maximum atomic E-state index is 10.9. The van der Waals surface area contributed by atoms with Crippen LogP contribution < -0.4 is 4.74 Å². The van der Waals surface area contributed by atoms with Crippen molar-refractivity contribution in [3.05, 3.63) is 23.0 Å². The lowest BCUT2D eigenvalue weighted by molar-refractivity contribution is 0.108. The van der Waals surface area contributed by atoms with E-state index in [-0.39, 0.29) is 16.8 Å². The summed E-state index contributed by atoms with van der Waals surface area (Å²) in [6.45, 7) is 3.74. The van der Waals surface area contributed by atoms with Gasteiger partial charge >= 0.3 is 0 Å². The Bertz CT molecular complexity index is 353. The van der Waals surface area contributed by atoms with Crippen LogP contribution in [-0.4, -0.2) is 16.3 Å². The van der Waals surface area contributed by atoms with Crippen LogP contribution >= 0.6 is 23.2 Å². The van der Waals surface area contributed by atoms with Gasteiger partial charge in [-0.1, -0.05) is 11.6 Å². The molecule has 1 aromatic rings. The zero-order valence-corrected chi connectivity index (χ0v) is 9.26. The van der Waals surface area contributed by atoms with Crippen LogP contribution in [0, 0.1) is 0 Å². The second-order valence-corrected chi connectivity index (χ2v) is 3.65. The maximum Gasteiger partial charge on any atom is 0.255 e. The molecule has 0 bridgehead atoms. The quantitative estimate of drug-likeness (QED) is 0.596. The van der Waals surface area contributed by atoms with Crippen LogP contribution in [0.15, 0.2) is 12.3 Å². The predicted molar refractivity (Wildman–Crippen MR) is 55.2 cm³/mol. The fourth-order valence-corrected chi connectivity index (χ4v) is 1.28. The summed E-state index contributed by atoms with van der Waals surface area (Å²) in [6.07, 6.45) is 1.46. The third-order valence-electron chi connectivity index (χ3n) is 1.40. The lowest BCUT2D eigenvalue weighted by atomic mass is 10.3. The molecule has 0 amide bonds. The Morgan fingerprint density at radius 2 is 2.21 bits per heavy atom. The normalized spacial score (nSPS) is 10.4. The van der Waals surface area contributed by atoms with E-state index < -0.39 is 5.24 Å². The first-order chi connectivity index (χ1) is 6.50. The number of ether oxygens (including phenoxy) is 1. The molecule has 0 spiro atoms. The van der Waals surface area contributed by atoms with Crippen molar-refractivity contribution in [3.63, 3.8) is 0 Å². The second-order valence-electron chi connectivity index (χ2n) is 2.95. The molecular weight excluding hydrogens is 225 g/mol. The van der Waals surface area contributed by atoms with Crippen LogP contribution in [0.5, 0.6) is 5.75 Å². The third-order valence-corrected chi connectivity index (χ3v) is 1.90. The van der Waals surface area contributed by atoms with E-state index in [9.17, 15) is 4.79 Å². The van der Waals surface area contributed by atoms with Crippen LogP contribution in [0.3, 0.4) is 0 Å². The standard InChI is InChI=1S/C9H9Cl2NO2/c1-5(2)14-6-3-7(9(11)13)8(10)12-4-6/h3-5H,1-2H3.